The predicted molar refractivity (Wildman–Crippen MR) is 107 cm³/mol. The summed E-state index contributed by atoms with van der Waals surface area (Å²) in [5, 5.41) is 2.12. The van der Waals surface area contributed by atoms with Crippen LogP contribution in [0.1, 0.15) is 5.69 Å². The molecule has 4 aromatic rings. The van der Waals surface area contributed by atoms with E-state index in [1.807, 2.05) is 42.6 Å². The Morgan fingerprint density at radius 1 is 0.926 bits per heavy atom. The second-order valence-corrected chi connectivity index (χ2v) is 6.92. The number of hydrogen-bond donors (Lipinski definition) is 0. The molecule has 0 unspecified atom stereocenters. The molecule has 2 heterocycles. The van der Waals surface area contributed by atoms with Gasteiger partial charge in [0.1, 0.15) is 5.82 Å². The lowest BCUT2D eigenvalue weighted by Crippen LogP contribution is -2.17. The maximum absolute atomic E-state index is 13.2. The van der Waals surface area contributed by atoms with Crippen LogP contribution < -0.4 is 4.80 Å². The van der Waals surface area contributed by atoms with Crippen LogP contribution in [0.4, 0.5) is 10.1 Å². The van der Waals surface area contributed by atoms with Crippen molar-refractivity contribution in [2.45, 2.75) is 13.0 Å². The summed E-state index contributed by atoms with van der Waals surface area (Å²) >= 11 is 1.59. The van der Waals surface area contributed by atoms with Crippen LogP contribution >= 0.6 is 11.3 Å². The Kier molecular flexibility index (Phi) is 5.21. The van der Waals surface area contributed by atoms with Crippen molar-refractivity contribution in [2.75, 3.05) is 0 Å². The molecule has 0 aliphatic carbocycles. The van der Waals surface area contributed by atoms with Gasteiger partial charge in [-0.25, -0.2) is 9.38 Å². The van der Waals surface area contributed by atoms with Crippen LogP contribution in [0.5, 0.6) is 0 Å². The second kappa shape index (κ2) is 8.10. The van der Waals surface area contributed by atoms with Crippen molar-refractivity contribution >= 4 is 17.0 Å². The molecule has 0 saturated carbocycles. The SMILES string of the molecule is Fc1ccc(N=c2scc(-c3ccccc3)n2CCc2ccccn2)cc1. The van der Waals surface area contributed by atoms with E-state index in [-0.39, 0.29) is 5.82 Å². The number of rotatable bonds is 5. The maximum Gasteiger partial charge on any atom is 0.190 e. The molecule has 0 fully saturated rings. The van der Waals surface area contributed by atoms with Crippen molar-refractivity contribution in [3.8, 4) is 11.3 Å². The number of benzene rings is 2. The molecule has 2 aromatic carbocycles. The molecule has 2 aromatic heterocycles. The molecule has 0 radical (unpaired) electrons. The number of aromatic nitrogens is 2. The van der Waals surface area contributed by atoms with Gasteiger partial charge in [0.25, 0.3) is 0 Å². The first-order chi connectivity index (χ1) is 13.3. The van der Waals surface area contributed by atoms with E-state index >= 15 is 0 Å². The highest BCUT2D eigenvalue weighted by molar-refractivity contribution is 7.07. The third-order valence-electron chi connectivity index (χ3n) is 4.24. The summed E-state index contributed by atoms with van der Waals surface area (Å²) in [4.78, 5) is 10.0. The third kappa shape index (κ3) is 4.20. The van der Waals surface area contributed by atoms with Crippen LogP contribution in [0.25, 0.3) is 11.3 Å². The van der Waals surface area contributed by atoms with Gasteiger partial charge in [0, 0.05) is 30.2 Å². The quantitative estimate of drug-likeness (QED) is 0.470. The van der Waals surface area contributed by atoms with Crippen LogP contribution in [-0.2, 0) is 13.0 Å². The number of thiazole rings is 1. The van der Waals surface area contributed by atoms with Gasteiger partial charge in [0.2, 0.25) is 0 Å². The van der Waals surface area contributed by atoms with Gasteiger partial charge in [-0.2, -0.15) is 0 Å². The zero-order chi connectivity index (χ0) is 18.5. The first-order valence-electron chi connectivity index (χ1n) is 8.73. The Balaban J connectivity index is 1.74. The van der Waals surface area contributed by atoms with Crippen molar-refractivity contribution in [1.82, 2.24) is 9.55 Å². The maximum atomic E-state index is 13.2. The molecule has 0 saturated heterocycles. The molecular formula is C22H18FN3S. The van der Waals surface area contributed by atoms with Gasteiger partial charge in [-0.1, -0.05) is 36.4 Å². The molecule has 0 amide bonds. The Labute approximate surface area is 161 Å². The lowest BCUT2D eigenvalue weighted by Gasteiger charge is -2.09. The summed E-state index contributed by atoms with van der Waals surface area (Å²) < 4.78 is 15.4. The smallest absolute Gasteiger partial charge is 0.190 e. The standard InChI is InChI=1S/C22H18FN3S/c23-18-9-11-20(12-10-18)25-22-26(15-13-19-8-4-5-14-24-19)21(16-27-22)17-6-2-1-3-7-17/h1-12,14,16H,13,15H2. The summed E-state index contributed by atoms with van der Waals surface area (Å²) in [5.74, 6) is -0.256. The Hall–Kier alpha value is -3.05. The summed E-state index contributed by atoms with van der Waals surface area (Å²) in [6.07, 6.45) is 2.63. The number of aryl methyl sites for hydroxylation is 1. The highest BCUT2D eigenvalue weighted by Gasteiger charge is 2.08. The first-order valence-corrected chi connectivity index (χ1v) is 9.61. The summed E-state index contributed by atoms with van der Waals surface area (Å²) in [6.45, 7) is 0.769. The fourth-order valence-electron chi connectivity index (χ4n) is 2.87. The van der Waals surface area contributed by atoms with Gasteiger partial charge in [-0.3, -0.25) is 4.98 Å². The van der Waals surface area contributed by atoms with Crippen molar-refractivity contribution in [2.24, 2.45) is 4.99 Å². The lowest BCUT2D eigenvalue weighted by atomic mass is 10.1. The highest BCUT2D eigenvalue weighted by Crippen LogP contribution is 2.21. The number of nitrogens with zero attached hydrogens (tertiary/aromatic N) is 3. The van der Waals surface area contributed by atoms with Gasteiger partial charge < -0.3 is 4.57 Å². The van der Waals surface area contributed by atoms with E-state index in [1.165, 1.54) is 12.1 Å². The van der Waals surface area contributed by atoms with E-state index < -0.39 is 0 Å². The van der Waals surface area contributed by atoms with Crippen molar-refractivity contribution in [1.29, 1.82) is 0 Å². The topological polar surface area (TPSA) is 30.2 Å². The van der Waals surface area contributed by atoms with Gasteiger partial charge in [0.15, 0.2) is 4.80 Å². The zero-order valence-corrected chi connectivity index (χ0v) is 15.4. The number of hydrogen-bond acceptors (Lipinski definition) is 3. The van der Waals surface area contributed by atoms with Crippen LogP contribution in [0.3, 0.4) is 0 Å². The Bertz CT molecular complexity index is 1070. The summed E-state index contributed by atoms with van der Waals surface area (Å²) in [5.41, 5.74) is 4.06. The van der Waals surface area contributed by atoms with E-state index in [9.17, 15) is 4.39 Å². The van der Waals surface area contributed by atoms with Crippen LogP contribution in [0.2, 0.25) is 0 Å². The number of halogens is 1. The molecule has 0 bridgehead atoms. The summed E-state index contributed by atoms with van der Waals surface area (Å²) in [6, 6.07) is 22.5. The number of pyridine rings is 1. The van der Waals surface area contributed by atoms with E-state index in [4.69, 9.17) is 4.99 Å². The minimum atomic E-state index is -0.256. The fraction of sp³-hybridized carbons (Fsp3) is 0.0909. The van der Waals surface area contributed by atoms with E-state index in [0.29, 0.717) is 0 Å². The Morgan fingerprint density at radius 2 is 1.70 bits per heavy atom. The van der Waals surface area contributed by atoms with Gasteiger partial charge in [0.05, 0.1) is 11.4 Å². The van der Waals surface area contributed by atoms with Crippen molar-refractivity contribution in [3.05, 3.63) is 101 Å². The lowest BCUT2D eigenvalue weighted by molar-refractivity contribution is 0.628. The van der Waals surface area contributed by atoms with E-state index in [0.717, 1.165) is 40.4 Å². The summed E-state index contributed by atoms with van der Waals surface area (Å²) in [7, 11) is 0. The highest BCUT2D eigenvalue weighted by atomic mass is 32.1. The van der Waals surface area contributed by atoms with Crippen LogP contribution in [0, 0.1) is 5.82 Å². The fourth-order valence-corrected chi connectivity index (χ4v) is 3.83. The Morgan fingerprint density at radius 3 is 2.44 bits per heavy atom. The predicted octanol–water partition coefficient (Wildman–Crippen LogP) is 5.23. The van der Waals surface area contributed by atoms with E-state index in [1.54, 1.807) is 23.5 Å². The molecule has 4 rings (SSSR count). The average molecular weight is 375 g/mol. The molecule has 0 N–H and O–H groups in total. The van der Waals surface area contributed by atoms with Gasteiger partial charge in [-0.05, 0) is 42.0 Å². The largest absolute Gasteiger partial charge is 0.316 e. The van der Waals surface area contributed by atoms with E-state index in [2.05, 4.69) is 27.1 Å². The van der Waals surface area contributed by atoms with Crippen molar-refractivity contribution < 1.29 is 4.39 Å². The third-order valence-corrected chi connectivity index (χ3v) is 5.10. The zero-order valence-electron chi connectivity index (χ0n) is 14.6. The molecule has 0 atom stereocenters. The molecular weight excluding hydrogens is 357 g/mol. The van der Waals surface area contributed by atoms with Gasteiger partial charge >= 0.3 is 0 Å². The molecule has 5 heteroatoms. The monoisotopic (exact) mass is 375 g/mol. The molecule has 134 valence electrons. The second-order valence-electron chi connectivity index (χ2n) is 6.08. The first kappa shape index (κ1) is 17.4. The molecule has 0 aliphatic heterocycles. The molecule has 0 aliphatic rings. The molecule has 0 spiro atoms. The molecule has 3 nitrogen and oxygen atoms in total. The average Bonchev–Trinajstić information content (AvgIpc) is 3.12. The minimum absolute atomic E-state index is 0.256. The van der Waals surface area contributed by atoms with Gasteiger partial charge in [-0.15, -0.1) is 11.3 Å². The molecule has 27 heavy (non-hydrogen) atoms. The van der Waals surface area contributed by atoms with Crippen LogP contribution in [-0.4, -0.2) is 9.55 Å². The van der Waals surface area contributed by atoms with Crippen molar-refractivity contribution in [3.63, 3.8) is 0 Å². The van der Waals surface area contributed by atoms with Crippen LogP contribution in [0.15, 0.2) is 89.4 Å². The minimum Gasteiger partial charge on any atom is -0.316 e. The normalized spacial score (nSPS) is 11.7.